The van der Waals surface area contributed by atoms with E-state index in [9.17, 15) is 13.6 Å². The van der Waals surface area contributed by atoms with Crippen molar-refractivity contribution in [2.75, 3.05) is 5.32 Å². The van der Waals surface area contributed by atoms with Crippen LogP contribution in [0.3, 0.4) is 0 Å². The molecule has 0 bridgehead atoms. The third-order valence-corrected chi connectivity index (χ3v) is 3.32. The van der Waals surface area contributed by atoms with Gasteiger partial charge in [-0.25, -0.2) is 8.78 Å². The van der Waals surface area contributed by atoms with Crippen molar-refractivity contribution < 1.29 is 13.6 Å². The van der Waals surface area contributed by atoms with Crippen LogP contribution in [0.4, 0.5) is 14.5 Å². The summed E-state index contributed by atoms with van der Waals surface area (Å²) >= 11 is 0. The molecule has 0 aliphatic heterocycles. The Morgan fingerprint density at radius 1 is 1.17 bits per heavy atom. The van der Waals surface area contributed by atoms with E-state index in [-0.39, 0.29) is 17.4 Å². The van der Waals surface area contributed by atoms with Gasteiger partial charge in [0, 0.05) is 23.9 Å². The summed E-state index contributed by atoms with van der Waals surface area (Å²) in [6, 6.07) is 9.11. The Labute approximate surface area is 130 Å². The second-order valence-corrected chi connectivity index (χ2v) is 5.02. The number of fused-ring (bicyclic) bond motifs is 1. The Morgan fingerprint density at radius 2 is 1.96 bits per heavy atom. The SMILES string of the molecule is CC(=O)Nc1cc2c(C=Cc3ccccc3F)n[nH]c2cc1F. The molecule has 1 amide bonds. The largest absolute Gasteiger partial charge is 0.324 e. The first kappa shape index (κ1) is 14.9. The molecular weight excluding hydrogens is 300 g/mol. The number of halogens is 2. The van der Waals surface area contributed by atoms with E-state index in [4.69, 9.17) is 0 Å². The monoisotopic (exact) mass is 313 g/mol. The van der Waals surface area contributed by atoms with Crippen LogP contribution in [0.5, 0.6) is 0 Å². The highest BCUT2D eigenvalue weighted by molar-refractivity contribution is 5.95. The molecule has 6 heteroatoms. The van der Waals surface area contributed by atoms with Gasteiger partial charge < -0.3 is 5.32 Å². The molecule has 0 fully saturated rings. The molecule has 0 radical (unpaired) electrons. The zero-order valence-corrected chi connectivity index (χ0v) is 12.2. The van der Waals surface area contributed by atoms with Crippen LogP contribution in [0.15, 0.2) is 36.4 Å². The van der Waals surface area contributed by atoms with Crippen molar-refractivity contribution in [2.24, 2.45) is 0 Å². The predicted octanol–water partition coefficient (Wildman–Crippen LogP) is 3.97. The van der Waals surface area contributed by atoms with Gasteiger partial charge in [-0.1, -0.05) is 18.2 Å². The van der Waals surface area contributed by atoms with Gasteiger partial charge in [-0.2, -0.15) is 5.10 Å². The first-order valence-electron chi connectivity index (χ1n) is 6.92. The molecule has 0 aliphatic rings. The molecule has 3 rings (SSSR count). The highest BCUT2D eigenvalue weighted by Crippen LogP contribution is 2.25. The first-order valence-corrected chi connectivity index (χ1v) is 6.92. The molecule has 116 valence electrons. The maximum atomic E-state index is 13.9. The van der Waals surface area contributed by atoms with Crippen LogP contribution < -0.4 is 5.32 Å². The molecule has 23 heavy (non-hydrogen) atoms. The smallest absolute Gasteiger partial charge is 0.221 e. The molecule has 0 atom stereocenters. The number of benzene rings is 2. The summed E-state index contributed by atoms with van der Waals surface area (Å²) in [5.74, 6) is -1.26. The van der Waals surface area contributed by atoms with Crippen LogP contribution in [0.2, 0.25) is 0 Å². The zero-order chi connectivity index (χ0) is 16.4. The topological polar surface area (TPSA) is 57.8 Å². The molecule has 1 aromatic heterocycles. The second-order valence-electron chi connectivity index (χ2n) is 5.02. The molecule has 4 nitrogen and oxygen atoms in total. The number of carbonyl (C=O) groups excluding carboxylic acids is 1. The number of aromatic amines is 1. The second kappa shape index (κ2) is 6.00. The van der Waals surface area contributed by atoms with Gasteiger partial charge in [-0.05, 0) is 24.3 Å². The number of carbonyl (C=O) groups is 1. The Kier molecular flexibility index (Phi) is 3.89. The van der Waals surface area contributed by atoms with Gasteiger partial charge in [0.2, 0.25) is 5.91 Å². The van der Waals surface area contributed by atoms with Crippen molar-refractivity contribution in [3.63, 3.8) is 0 Å². The summed E-state index contributed by atoms with van der Waals surface area (Å²) in [4.78, 5) is 11.1. The third-order valence-electron chi connectivity index (χ3n) is 3.32. The number of nitrogens with zero attached hydrogens (tertiary/aromatic N) is 1. The molecule has 2 N–H and O–H groups in total. The molecular formula is C17H13F2N3O. The number of rotatable bonds is 3. The van der Waals surface area contributed by atoms with E-state index < -0.39 is 5.82 Å². The van der Waals surface area contributed by atoms with E-state index in [1.165, 1.54) is 25.1 Å². The van der Waals surface area contributed by atoms with Crippen LogP contribution in [0.1, 0.15) is 18.2 Å². The Hall–Kier alpha value is -3.02. The van der Waals surface area contributed by atoms with Crippen molar-refractivity contribution in [3.05, 3.63) is 59.3 Å². The lowest BCUT2D eigenvalue weighted by molar-refractivity contribution is -0.114. The fourth-order valence-corrected chi connectivity index (χ4v) is 2.25. The number of anilines is 1. The number of hydrogen-bond donors (Lipinski definition) is 2. The van der Waals surface area contributed by atoms with Gasteiger partial charge in [0.25, 0.3) is 0 Å². The van der Waals surface area contributed by atoms with Gasteiger partial charge in [-0.15, -0.1) is 0 Å². The lowest BCUT2D eigenvalue weighted by Gasteiger charge is -2.03. The van der Waals surface area contributed by atoms with Crippen molar-refractivity contribution in [1.82, 2.24) is 10.2 Å². The highest BCUT2D eigenvalue weighted by Gasteiger charge is 2.10. The Morgan fingerprint density at radius 3 is 2.70 bits per heavy atom. The molecule has 0 aliphatic carbocycles. The maximum Gasteiger partial charge on any atom is 0.221 e. The van der Waals surface area contributed by atoms with Crippen molar-refractivity contribution in [3.8, 4) is 0 Å². The molecule has 0 spiro atoms. The standard InChI is InChI=1S/C17H13F2N3O/c1-10(23)20-17-8-12-15(21-22-16(12)9-14(17)19)7-6-11-4-2-3-5-13(11)18/h2-9H,1H3,(H,20,23)(H,21,22). The minimum Gasteiger partial charge on any atom is -0.324 e. The lowest BCUT2D eigenvalue weighted by atomic mass is 10.1. The van der Waals surface area contributed by atoms with Crippen LogP contribution in [-0.2, 0) is 4.79 Å². The number of aromatic nitrogens is 2. The summed E-state index contributed by atoms with van der Waals surface area (Å²) in [6.07, 6.45) is 3.22. The lowest BCUT2D eigenvalue weighted by Crippen LogP contribution is -2.07. The Balaban J connectivity index is 2.01. The van der Waals surface area contributed by atoms with Crippen molar-refractivity contribution >= 4 is 34.6 Å². The van der Waals surface area contributed by atoms with Gasteiger partial charge in [0.1, 0.15) is 11.6 Å². The van der Waals surface area contributed by atoms with Crippen LogP contribution in [0.25, 0.3) is 23.1 Å². The number of amides is 1. The molecule has 0 saturated carbocycles. The van der Waals surface area contributed by atoms with Gasteiger partial charge >= 0.3 is 0 Å². The minimum atomic E-state index is -0.555. The number of hydrogen-bond acceptors (Lipinski definition) is 2. The quantitative estimate of drug-likeness (QED) is 0.768. The average molecular weight is 313 g/mol. The van der Waals surface area contributed by atoms with E-state index >= 15 is 0 Å². The molecule has 2 aromatic carbocycles. The summed E-state index contributed by atoms with van der Waals surface area (Å²) in [7, 11) is 0. The summed E-state index contributed by atoms with van der Waals surface area (Å²) < 4.78 is 27.5. The van der Waals surface area contributed by atoms with E-state index in [0.29, 0.717) is 22.2 Å². The van der Waals surface area contributed by atoms with E-state index in [1.54, 1.807) is 30.4 Å². The van der Waals surface area contributed by atoms with Crippen LogP contribution >= 0.6 is 0 Å². The van der Waals surface area contributed by atoms with E-state index in [0.717, 1.165) is 0 Å². The fraction of sp³-hybridized carbons (Fsp3) is 0.0588. The summed E-state index contributed by atoms with van der Waals surface area (Å²) in [5.41, 5.74) is 1.51. The Bertz CT molecular complexity index is 915. The summed E-state index contributed by atoms with van der Waals surface area (Å²) in [5, 5.41) is 9.85. The van der Waals surface area contributed by atoms with Gasteiger partial charge in [0.05, 0.1) is 16.9 Å². The number of nitrogens with one attached hydrogen (secondary N) is 2. The molecule has 0 saturated heterocycles. The zero-order valence-electron chi connectivity index (χ0n) is 12.2. The molecule has 0 unspecified atom stereocenters. The minimum absolute atomic E-state index is 0.0759. The fourth-order valence-electron chi connectivity index (χ4n) is 2.25. The van der Waals surface area contributed by atoms with Gasteiger partial charge in [0.15, 0.2) is 0 Å². The van der Waals surface area contributed by atoms with Crippen molar-refractivity contribution in [2.45, 2.75) is 6.92 Å². The van der Waals surface area contributed by atoms with E-state index in [2.05, 4.69) is 15.5 Å². The number of H-pyrrole nitrogens is 1. The average Bonchev–Trinajstić information content (AvgIpc) is 2.88. The van der Waals surface area contributed by atoms with E-state index in [1.807, 2.05) is 0 Å². The predicted molar refractivity (Wildman–Crippen MR) is 85.7 cm³/mol. The highest BCUT2D eigenvalue weighted by atomic mass is 19.1. The first-order chi connectivity index (χ1) is 11.0. The van der Waals surface area contributed by atoms with Crippen LogP contribution in [0, 0.1) is 11.6 Å². The molecule has 1 heterocycles. The molecule has 3 aromatic rings. The van der Waals surface area contributed by atoms with Gasteiger partial charge in [-0.3, -0.25) is 9.89 Å². The summed E-state index contributed by atoms with van der Waals surface area (Å²) in [6.45, 7) is 1.30. The van der Waals surface area contributed by atoms with Crippen molar-refractivity contribution in [1.29, 1.82) is 0 Å². The maximum absolute atomic E-state index is 13.9. The normalized spacial score (nSPS) is 11.3. The van der Waals surface area contributed by atoms with Crippen LogP contribution in [-0.4, -0.2) is 16.1 Å². The third kappa shape index (κ3) is 3.11.